The summed E-state index contributed by atoms with van der Waals surface area (Å²) < 4.78 is 73.6. The minimum absolute atomic E-state index is 0.0349. The smallest absolute Gasteiger partial charge is 0.335 e. The topological polar surface area (TPSA) is 110 Å². The number of halogens is 4. The van der Waals surface area contributed by atoms with Crippen molar-refractivity contribution < 1.29 is 36.9 Å². The number of aromatic carboxylic acids is 1. The number of aromatic nitrogens is 3. The molecular formula is C34H26F4N4O4. The van der Waals surface area contributed by atoms with Gasteiger partial charge in [0.05, 0.1) is 47.5 Å². The first-order valence-corrected chi connectivity index (χ1v) is 14.2. The number of nitriles is 1. The Hall–Kier alpha value is -5.28. The number of nitrogens with zero attached hydrogens (tertiary/aromatic N) is 4. The number of benzene rings is 3. The van der Waals surface area contributed by atoms with E-state index in [0.29, 0.717) is 34.8 Å². The molecular weight excluding hydrogens is 604 g/mol. The molecule has 6 rings (SSSR count). The normalized spacial score (nSPS) is 15.6. The predicted octanol–water partition coefficient (Wildman–Crippen LogP) is 6.99. The van der Waals surface area contributed by atoms with Crippen LogP contribution < -0.4 is 4.74 Å². The summed E-state index contributed by atoms with van der Waals surface area (Å²) >= 11 is 0. The highest BCUT2D eigenvalue weighted by atomic mass is 19.1. The Bertz CT molecular complexity index is 2010. The molecule has 1 fully saturated rings. The van der Waals surface area contributed by atoms with Gasteiger partial charge >= 0.3 is 5.97 Å². The zero-order chi connectivity index (χ0) is 32.7. The summed E-state index contributed by atoms with van der Waals surface area (Å²) in [5.74, 6) is -5.67. The zero-order valence-electron chi connectivity index (χ0n) is 24.7. The number of ether oxygens (including phenoxy) is 2. The molecule has 1 aliphatic heterocycles. The Balaban J connectivity index is 1.34. The van der Waals surface area contributed by atoms with E-state index < -0.39 is 46.2 Å². The van der Waals surface area contributed by atoms with Crippen LogP contribution in [-0.2, 0) is 17.8 Å². The Labute approximate surface area is 260 Å². The van der Waals surface area contributed by atoms with Crippen molar-refractivity contribution in [1.29, 1.82) is 5.26 Å². The maximum Gasteiger partial charge on any atom is 0.335 e. The van der Waals surface area contributed by atoms with E-state index in [9.17, 15) is 18.7 Å². The molecule has 0 aliphatic carbocycles. The van der Waals surface area contributed by atoms with Crippen molar-refractivity contribution in [3.05, 3.63) is 112 Å². The second kappa shape index (κ2) is 11.9. The maximum atomic E-state index is 15.7. The lowest BCUT2D eigenvalue weighted by molar-refractivity contribution is 0.0697. The van der Waals surface area contributed by atoms with Gasteiger partial charge in [0.1, 0.15) is 29.8 Å². The van der Waals surface area contributed by atoms with Crippen molar-refractivity contribution in [2.75, 3.05) is 13.2 Å². The third kappa shape index (κ3) is 5.77. The van der Waals surface area contributed by atoms with Crippen molar-refractivity contribution in [3.8, 4) is 23.2 Å². The van der Waals surface area contributed by atoms with Crippen molar-refractivity contribution >= 4 is 17.0 Å². The van der Waals surface area contributed by atoms with Gasteiger partial charge in [-0.2, -0.15) is 5.26 Å². The first-order chi connectivity index (χ1) is 21.9. The van der Waals surface area contributed by atoms with Crippen LogP contribution in [0.1, 0.15) is 52.8 Å². The number of rotatable bonds is 8. The molecule has 0 unspecified atom stereocenters. The number of imidazole rings is 1. The average molecular weight is 631 g/mol. The van der Waals surface area contributed by atoms with Crippen LogP contribution in [0.4, 0.5) is 17.6 Å². The fraction of sp³-hybridized carbons (Fsp3) is 0.235. The maximum absolute atomic E-state index is 15.7. The first kappa shape index (κ1) is 30.7. The molecule has 234 valence electrons. The number of fused-ring (bicyclic) bond motifs is 1. The van der Waals surface area contributed by atoms with Gasteiger partial charge in [-0.05, 0) is 48.0 Å². The van der Waals surface area contributed by atoms with Gasteiger partial charge in [0.25, 0.3) is 5.88 Å². The van der Waals surface area contributed by atoms with Crippen molar-refractivity contribution in [2.24, 2.45) is 5.41 Å². The number of carboxylic acid groups (broad SMARTS) is 1. The van der Waals surface area contributed by atoms with Crippen LogP contribution in [-0.4, -0.2) is 38.8 Å². The van der Waals surface area contributed by atoms with E-state index >= 15 is 8.78 Å². The molecule has 0 spiro atoms. The minimum Gasteiger partial charge on any atom is -0.478 e. The molecule has 46 heavy (non-hydrogen) atoms. The molecule has 1 saturated heterocycles. The Kier molecular flexibility index (Phi) is 7.96. The second-order valence-electron chi connectivity index (χ2n) is 11.7. The summed E-state index contributed by atoms with van der Waals surface area (Å²) in [5, 5.41) is 18.5. The number of hydrogen-bond acceptors (Lipinski definition) is 6. The summed E-state index contributed by atoms with van der Waals surface area (Å²) in [4.78, 5) is 20.2. The fourth-order valence-corrected chi connectivity index (χ4v) is 5.58. The quantitative estimate of drug-likeness (QED) is 0.184. The molecule has 5 aromatic rings. The zero-order valence-corrected chi connectivity index (χ0v) is 24.7. The number of carboxylic acids is 1. The molecule has 8 nitrogen and oxygen atoms in total. The van der Waals surface area contributed by atoms with E-state index in [4.69, 9.17) is 14.7 Å². The van der Waals surface area contributed by atoms with Gasteiger partial charge in [-0.25, -0.2) is 32.3 Å². The van der Waals surface area contributed by atoms with Gasteiger partial charge in [0.15, 0.2) is 11.6 Å². The van der Waals surface area contributed by atoms with E-state index in [2.05, 4.69) is 9.97 Å². The lowest BCUT2D eigenvalue weighted by atomic mass is 9.87. The van der Waals surface area contributed by atoms with Crippen LogP contribution in [0.25, 0.3) is 22.3 Å². The number of carbonyl (C=O) groups is 1. The highest BCUT2D eigenvalue weighted by Gasteiger charge is 2.39. The summed E-state index contributed by atoms with van der Waals surface area (Å²) in [6.07, 6.45) is -0.306. The van der Waals surface area contributed by atoms with Crippen molar-refractivity contribution in [2.45, 2.75) is 32.9 Å². The molecule has 12 heteroatoms. The molecule has 1 N–H and O–H groups in total. The standard InChI is InChI=1S/C34H26F4N4O4/c1-34(2)17-45-16-29(34)42-28-11-20(33(43)44)7-8-27(28)40-30(42)12-22-23(35)9-21(10-24(22)36)31-25(37)13-26(38)32(41-31)46-15-19-5-3-18(14-39)4-6-19/h3-11,13,29H,12,15-17H2,1-2H3,(H,43,44)/t29-/m1/s1. The summed E-state index contributed by atoms with van der Waals surface area (Å²) in [6, 6.07) is 14.8. The predicted molar refractivity (Wildman–Crippen MR) is 158 cm³/mol. The van der Waals surface area contributed by atoms with Crippen LogP contribution in [0.2, 0.25) is 0 Å². The van der Waals surface area contributed by atoms with Crippen molar-refractivity contribution in [1.82, 2.24) is 14.5 Å². The highest BCUT2D eigenvalue weighted by Crippen LogP contribution is 2.41. The monoisotopic (exact) mass is 630 g/mol. The molecule has 0 saturated carbocycles. The van der Waals surface area contributed by atoms with Crippen LogP contribution in [0.5, 0.6) is 5.88 Å². The molecule has 0 amide bonds. The lowest BCUT2D eigenvalue weighted by Gasteiger charge is -2.28. The van der Waals surface area contributed by atoms with E-state index in [-0.39, 0.29) is 48.2 Å². The number of hydrogen-bond donors (Lipinski definition) is 1. The highest BCUT2D eigenvalue weighted by molar-refractivity contribution is 5.92. The average Bonchev–Trinajstić information content (AvgIpc) is 3.55. The SMILES string of the molecule is CC1(C)COC[C@H]1n1c(Cc2c(F)cc(-c3nc(OCc4ccc(C#N)cc4)c(F)cc3F)cc2F)nc2ccc(C(=O)O)cc21. The largest absolute Gasteiger partial charge is 0.478 e. The molecule has 1 aliphatic rings. The third-order valence-electron chi connectivity index (χ3n) is 8.08. The van der Waals surface area contributed by atoms with Crippen LogP contribution in [0.15, 0.2) is 60.7 Å². The van der Waals surface area contributed by atoms with Gasteiger partial charge in [0, 0.05) is 29.0 Å². The van der Waals surface area contributed by atoms with Crippen LogP contribution >= 0.6 is 0 Å². The fourth-order valence-electron chi connectivity index (χ4n) is 5.58. The molecule has 3 aromatic carbocycles. The molecule has 0 radical (unpaired) electrons. The Morgan fingerprint density at radius 1 is 1.02 bits per heavy atom. The van der Waals surface area contributed by atoms with Crippen LogP contribution in [0.3, 0.4) is 0 Å². The van der Waals surface area contributed by atoms with Gasteiger partial charge < -0.3 is 19.1 Å². The molecule has 0 bridgehead atoms. The van der Waals surface area contributed by atoms with Gasteiger partial charge in [0.2, 0.25) is 0 Å². The first-order valence-electron chi connectivity index (χ1n) is 14.2. The Morgan fingerprint density at radius 3 is 2.37 bits per heavy atom. The Morgan fingerprint density at radius 2 is 1.74 bits per heavy atom. The second-order valence-corrected chi connectivity index (χ2v) is 11.7. The van der Waals surface area contributed by atoms with E-state index in [1.54, 1.807) is 34.9 Å². The summed E-state index contributed by atoms with van der Waals surface area (Å²) in [5.41, 5.74) is 0.448. The van der Waals surface area contributed by atoms with E-state index in [1.807, 2.05) is 19.9 Å². The van der Waals surface area contributed by atoms with Gasteiger partial charge in [-0.15, -0.1) is 0 Å². The minimum atomic E-state index is -1.14. The van der Waals surface area contributed by atoms with Crippen molar-refractivity contribution in [3.63, 3.8) is 0 Å². The lowest BCUT2D eigenvalue weighted by Crippen LogP contribution is -2.27. The molecule has 2 aromatic heterocycles. The summed E-state index contributed by atoms with van der Waals surface area (Å²) in [7, 11) is 0. The van der Waals surface area contributed by atoms with Gasteiger partial charge in [-0.3, -0.25) is 0 Å². The van der Waals surface area contributed by atoms with E-state index in [0.717, 1.165) is 12.1 Å². The van der Waals surface area contributed by atoms with Gasteiger partial charge in [-0.1, -0.05) is 26.0 Å². The number of pyridine rings is 1. The van der Waals surface area contributed by atoms with E-state index in [1.165, 1.54) is 12.1 Å². The molecule has 3 heterocycles. The molecule has 1 atom stereocenters. The van der Waals surface area contributed by atoms with Crippen LogP contribution in [0, 0.1) is 40.0 Å². The third-order valence-corrected chi connectivity index (χ3v) is 8.08. The summed E-state index contributed by atoms with van der Waals surface area (Å²) in [6.45, 7) is 4.51.